The fourth-order valence-electron chi connectivity index (χ4n) is 2.35. The van der Waals surface area contributed by atoms with Gasteiger partial charge in [-0.2, -0.15) is 0 Å². The van der Waals surface area contributed by atoms with E-state index in [0.29, 0.717) is 12.2 Å². The van der Waals surface area contributed by atoms with Crippen LogP contribution in [0.4, 0.5) is 5.69 Å². The molecule has 4 nitrogen and oxygen atoms in total. The lowest BCUT2D eigenvalue weighted by Gasteiger charge is -2.35. The van der Waals surface area contributed by atoms with Crippen LogP contribution in [-0.2, 0) is 14.4 Å². The van der Waals surface area contributed by atoms with Crippen molar-refractivity contribution in [2.45, 2.75) is 6.04 Å². The number of methoxy groups -OCH3 is 1. The molecule has 0 amide bonds. The molecule has 0 spiro atoms. The van der Waals surface area contributed by atoms with E-state index in [2.05, 4.69) is 0 Å². The van der Waals surface area contributed by atoms with Crippen LogP contribution in [0, 0.1) is 0 Å². The predicted molar refractivity (Wildman–Crippen MR) is 82.0 cm³/mol. The maximum atomic E-state index is 12.1. The summed E-state index contributed by atoms with van der Waals surface area (Å²) in [7, 11) is 1.40. The van der Waals surface area contributed by atoms with E-state index in [9.17, 15) is 4.79 Å². The molecule has 21 heavy (non-hydrogen) atoms. The molecule has 3 rings (SSSR count). The van der Waals surface area contributed by atoms with Crippen molar-refractivity contribution in [1.82, 2.24) is 0 Å². The molecule has 1 aromatic carbocycles. The van der Waals surface area contributed by atoms with E-state index in [-0.39, 0.29) is 12.0 Å². The Labute approximate surface area is 127 Å². The van der Waals surface area contributed by atoms with Crippen LogP contribution < -0.4 is 5.06 Å². The second kappa shape index (κ2) is 6.11. The van der Waals surface area contributed by atoms with Crippen molar-refractivity contribution in [3.8, 4) is 0 Å². The fourth-order valence-corrected chi connectivity index (χ4v) is 3.17. The lowest BCUT2D eigenvalue weighted by Crippen LogP contribution is -2.36. The first kappa shape index (κ1) is 13.9. The van der Waals surface area contributed by atoms with E-state index in [0.717, 1.165) is 10.6 Å². The molecule has 1 aromatic heterocycles. The predicted octanol–water partition coefficient (Wildman–Crippen LogP) is 3.34. The highest BCUT2D eigenvalue weighted by Crippen LogP contribution is 2.38. The molecule has 2 aromatic rings. The minimum Gasteiger partial charge on any atom is -0.466 e. The molecule has 0 radical (unpaired) electrons. The SMILES string of the molecule is COC(=O)C1=CCON(c2ccccc2)[C@@H]1c1cccs1. The first-order valence-electron chi connectivity index (χ1n) is 6.60. The first-order chi connectivity index (χ1) is 10.3. The summed E-state index contributed by atoms with van der Waals surface area (Å²) >= 11 is 1.59. The van der Waals surface area contributed by atoms with Crippen LogP contribution in [0.3, 0.4) is 0 Å². The van der Waals surface area contributed by atoms with E-state index in [1.807, 2.05) is 47.8 Å². The largest absolute Gasteiger partial charge is 0.466 e. The van der Waals surface area contributed by atoms with Gasteiger partial charge in [-0.15, -0.1) is 11.3 Å². The Morgan fingerprint density at radius 1 is 1.29 bits per heavy atom. The number of hydrogen-bond donors (Lipinski definition) is 0. The molecule has 0 saturated carbocycles. The van der Waals surface area contributed by atoms with Gasteiger partial charge in [-0.25, -0.2) is 9.86 Å². The number of carbonyl (C=O) groups excluding carboxylic acids is 1. The van der Waals surface area contributed by atoms with E-state index in [1.165, 1.54) is 7.11 Å². The standard InChI is InChI=1S/C16H15NO3S/c1-19-16(18)13-9-10-20-17(12-6-3-2-4-7-12)15(13)14-8-5-11-21-14/h2-9,11,15H,10H2,1H3/t15-/m0/s1. The first-order valence-corrected chi connectivity index (χ1v) is 7.48. The number of anilines is 1. The summed E-state index contributed by atoms with van der Waals surface area (Å²) < 4.78 is 4.92. The van der Waals surface area contributed by atoms with Gasteiger partial charge in [0.2, 0.25) is 0 Å². The number of thiophene rings is 1. The fraction of sp³-hybridized carbons (Fsp3) is 0.188. The molecule has 0 unspecified atom stereocenters. The minimum atomic E-state index is -0.322. The average Bonchev–Trinajstić information content (AvgIpc) is 3.08. The minimum absolute atomic E-state index is 0.284. The number of benzene rings is 1. The van der Waals surface area contributed by atoms with Crippen LogP contribution in [0.15, 0.2) is 59.5 Å². The molecular weight excluding hydrogens is 286 g/mol. The van der Waals surface area contributed by atoms with Crippen molar-refractivity contribution in [2.75, 3.05) is 18.8 Å². The number of hydroxylamine groups is 1. The normalized spacial score (nSPS) is 18.2. The lowest BCUT2D eigenvalue weighted by atomic mass is 10.0. The van der Waals surface area contributed by atoms with Gasteiger partial charge in [0.15, 0.2) is 0 Å². The van der Waals surface area contributed by atoms with Crippen molar-refractivity contribution < 1.29 is 14.4 Å². The van der Waals surface area contributed by atoms with Crippen LogP contribution in [0.1, 0.15) is 10.9 Å². The maximum Gasteiger partial charge on any atom is 0.336 e. The van der Waals surface area contributed by atoms with Gasteiger partial charge in [0.05, 0.1) is 25.0 Å². The van der Waals surface area contributed by atoms with Crippen molar-refractivity contribution in [1.29, 1.82) is 0 Å². The Balaban J connectivity index is 2.04. The topological polar surface area (TPSA) is 38.8 Å². The highest BCUT2D eigenvalue weighted by atomic mass is 32.1. The zero-order chi connectivity index (χ0) is 14.7. The number of rotatable bonds is 3. The molecule has 1 aliphatic rings. The highest BCUT2D eigenvalue weighted by molar-refractivity contribution is 7.10. The molecule has 0 saturated heterocycles. The number of esters is 1. The van der Waals surface area contributed by atoms with E-state index < -0.39 is 0 Å². The molecule has 0 fully saturated rings. The van der Waals surface area contributed by atoms with Gasteiger partial charge >= 0.3 is 5.97 Å². The van der Waals surface area contributed by atoms with Gasteiger partial charge in [-0.1, -0.05) is 24.3 Å². The van der Waals surface area contributed by atoms with E-state index >= 15 is 0 Å². The number of carbonyl (C=O) groups is 1. The molecule has 0 aliphatic carbocycles. The van der Waals surface area contributed by atoms with Gasteiger partial charge in [0.25, 0.3) is 0 Å². The molecule has 0 bridgehead atoms. The Morgan fingerprint density at radius 2 is 2.10 bits per heavy atom. The lowest BCUT2D eigenvalue weighted by molar-refractivity contribution is -0.137. The van der Waals surface area contributed by atoms with Gasteiger partial charge in [0, 0.05) is 4.88 Å². The Morgan fingerprint density at radius 3 is 2.76 bits per heavy atom. The smallest absolute Gasteiger partial charge is 0.336 e. The van der Waals surface area contributed by atoms with Crippen molar-refractivity contribution in [3.63, 3.8) is 0 Å². The van der Waals surface area contributed by atoms with Gasteiger partial charge in [-0.3, -0.25) is 4.84 Å². The summed E-state index contributed by atoms with van der Waals surface area (Å²) in [5, 5.41) is 3.76. The van der Waals surface area contributed by atoms with Crippen LogP contribution in [0.5, 0.6) is 0 Å². The molecule has 0 N–H and O–H groups in total. The number of ether oxygens (including phenoxy) is 1. The summed E-state index contributed by atoms with van der Waals surface area (Å²) in [5.74, 6) is -0.322. The Bertz CT molecular complexity index is 637. The Hall–Kier alpha value is -2.11. The third-order valence-corrected chi connectivity index (χ3v) is 4.22. The van der Waals surface area contributed by atoms with E-state index in [1.54, 1.807) is 22.5 Å². The zero-order valence-electron chi connectivity index (χ0n) is 11.6. The molecular formula is C16H15NO3S. The van der Waals surface area contributed by atoms with Crippen LogP contribution in [0.25, 0.3) is 0 Å². The summed E-state index contributed by atoms with van der Waals surface area (Å²) in [4.78, 5) is 18.9. The van der Waals surface area contributed by atoms with Crippen LogP contribution >= 0.6 is 11.3 Å². The quantitative estimate of drug-likeness (QED) is 0.815. The van der Waals surface area contributed by atoms with Crippen molar-refractivity contribution in [3.05, 3.63) is 64.4 Å². The molecule has 2 heterocycles. The van der Waals surface area contributed by atoms with Crippen LogP contribution in [-0.4, -0.2) is 19.7 Å². The summed E-state index contributed by atoms with van der Waals surface area (Å²) in [6.07, 6.45) is 1.79. The van der Waals surface area contributed by atoms with Crippen molar-refractivity contribution >= 4 is 23.0 Å². The van der Waals surface area contributed by atoms with E-state index in [4.69, 9.17) is 9.57 Å². The van der Waals surface area contributed by atoms with Crippen LogP contribution in [0.2, 0.25) is 0 Å². The summed E-state index contributed by atoms with van der Waals surface area (Å²) in [5.41, 5.74) is 1.51. The maximum absolute atomic E-state index is 12.1. The number of hydrogen-bond acceptors (Lipinski definition) is 5. The molecule has 108 valence electrons. The van der Waals surface area contributed by atoms with Gasteiger partial charge in [0.1, 0.15) is 6.04 Å². The Kier molecular flexibility index (Phi) is 4.03. The average molecular weight is 301 g/mol. The zero-order valence-corrected chi connectivity index (χ0v) is 12.4. The van der Waals surface area contributed by atoms with Gasteiger partial charge < -0.3 is 4.74 Å². The number of nitrogens with zero attached hydrogens (tertiary/aromatic N) is 1. The molecule has 1 aliphatic heterocycles. The number of para-hydroxylation sites is 1. The summed E-state index contributed by atoms with van der Waals surface area (Å²) in [6, 6.07) is 13.4. The van der Waals surface area contributed by atoms with Gasteiger partial charge in [-0.05, 0) is 29.7 Å². The monoisotopic (exact) mass is 301 g/mol. The second-order valence-corrected chi connectivity index (χ2v) is 5.51. The highest BCUT2D eigenvalue weighted by Gasteiger charge is 2.33. The summed E-state index contributed by atoms with van der Waals surface area (Å²) in [6.45, 7) is 0.348. The van der Waals surface area contributed by atoms with Crippen molar-refractivity contribution in [2.24, 2.45) is 0 Å². The molecule has 1 atom stereocenters. The third kappa shape index (κ3) is 2.70. The second-order valence-electron chi connectivity index (χ2n) is 4.53. The third-order valence-electron chi connectivity index (χ3n) is 3.29. The molecule has 5 heteroatoms.